The summed E-state index contributed by atoms with van der Waals surface area (Å²) in [5.41, 5.74) is 4.97. The molecule has 20 heavy (non-hydrogen) atoms. The molecule has 104 valence electrons. The zero-order valence-corrected chi connectivity index (χ0v) is 12.8. The molecule has 0 bridgehead atoms. The lowest BCUT2D eigenvalue weighted by Crippen LogP contribution is -2.15. The topological polar surface area (TPSA) is 42.0 Å². The number of benzene rings is 1. The van der Waals surface area contributed by atoms with Crippen LogP contribution in [0.3, 0.4) is 0 Å². The highest BCUT2D eigenvalue weighted by Crippen LogP contribution is 2.23. The Kier molecular flexibility index (Phi) is 4.09. The molecule has 0 radical (unpaired) electrons. The fourth-order valence-corrected chi connectivity index (χ4v) is 2.52. The van der Waals surface area contributed by atoms with Gasteiger partial charge in [-0.05, 0) is 57.0 Å². The second kappa shape index (κ2) is 5.63. The van der Waals surface area contributed by atoms with Gasteiger partial charge in [0.25, 0.3) is 5.91 Å². The van der Waals surface area contributed by atoms with Crippen LogP contribution < -0.4 is 5.32 Å². The van der Waals surface area contributed by atoms with E-state index in [1.54, 1.807) is 12.1 Å². The minimum Gasteiger partial charge on any atom is -0.320 e. The molecule has 0 aliphatic heterocycles. The summed E-state index contributed by atoms with van der Waals surface area (Å²) < 4.78 is 0. The zero-order valence-electron chi connectivity index (χ0n) is 12.0. The highest BCUT2D eigenvalue weighted by atomic mass is 35.5. The molecular weight excluding hydrogens is 272 g/mol. The van der Waals surface area contributed by atoms with E-state index in [1.165, 1.54) is 0 Å². The number of aryl methyl sites for hydroxylation is 4. The quantitative estimate of drug-likeness (QED) is 0.899. The van der Waals surface area contributed by atoms with Crippen molar-refractivity contribution >= 4 is 23.2 Å². The lowest BCUT2D eigenvalue weighted by molar-refractivity contribution is 0.102. The maximum Gasteiger partial charge on any atom is 0.257 e. The molecule has 2 rings (SSSR count). The number of hydrogen-bond donors (Lipinski definition) is 1. The molecule has 0 atom stereocenters. The van der Waals surface area contributed by atoms with Gasteiger partial charge in [0.1, 0.15) is 0 Å². The minimum absolute atomic E-state index is 0.216. The third kappa shape index (κ3) is 2.99. The first-order chi connectivity index (χ1) is 9.38. The van der Waals surface area contributed by atoms with Crippen LogP contribution in [0, 0.1) is 27.7 Å². The van der Waals surface area contributed by atoms with Crippen molar-refractivity contribution in [1.82, 2.24) is 4.98 Å². The van der Waals surface area contributed by atoms with Gasteiger partial charge in [0.15, 0.2) is 0 Å². The van der Waals surface area contributed by atoms with Crippen LogP contribution in [0.5, 0.6) is 0 Å². The van der Waals surface area contributed by atoms with Crippen LogP contribution in [-0.4, -0.2) is 10.9 Å². The molecule has 0 spiro atoms. The summed E-state index contributed by atoms with van der Waals surface area (Å²) in [5, 5.41) is 3.35. The average Bonchev–Trinajstić information content (AvgIpc) is 2.33. The SMILES string of the molecule is Cc1ccc(C(=O)Nc2c(C)cc(C)nc2C)c(Cl)c1. The first kappa shape index (κ1) is 14.5. The molecule has 4 heteroatoms. The third-order valence-electron chi connectivity index (χ3n) is 3.13. The number of pyridine rings is 1. The normalized spacial score (nSPS) is 10.4. The van der Waals surface area contributed by atoms with E-state index in [9.17, 15) is 4.79 Å². The van der Waals surface area contributed by atoms with Crippen LogP contribution in [0.2, 0.25) is 5.02 Å². The summed E-state index contributed by atoms with van der Waals surface area (Å²) in [7, 11) is 0. The maximum absolute atomic E-state index is 12.3. The number of amides is 1. The van der Waals surface area contributed by atoms with E-state index in [1.807, 2.05) is 39.8 Å². The van der Waals surface area contributed by atoms with Gasteiger partial charge in [-0.25, -0.2) is 0 Å². The van der Waals surface area contributed by atoms with Crippen molar-refractivity contribution in [3.63, 3.8) is 0 Å². The first-order valence-corrected chi connectivity index (χ1v) is 6.78. The summed E-state index contributed by atoms with van der Waals surface area (Å²) in [6.45, 7) is 7.70. The van der Waals surface area contributed by atoms with Gasteiger partial charge in [0.05, 0.1) is 22.0 Å². The van der Waals surface area contributed by atoms with Gasteiger partial charge in [-0.15, -0.1) is 0 Å². The van der Waals surface area contributed by atoms with E-state index in [0.717, 1.165) is 28.2 Å². The summed E-state index contributed by atoms with van der Waals surface area (Å²) in [6.07, 6.45) is 0. The standard InChI is InChI=1S/C16H17ClN2O/c1-9-5-6-13(14(17)7-9)16(20)19-15-10(2)8-11(3)18-12(15)4/h5-8H,1-4H3,(H,19,20). The fourth-order valence-electron chi connectivity index (χ4n) is 2.20. The molecule has 0 aliphatic carbocycles. The number of nitrogens with zero attached hydrogens (tertiary/aromatic N) is 1. The molecule has 0 saturated heterocycles. The Morgan fingerprint density at radius 1 is 1.15 bits per heavy atom. The molecule has 3 nitrogen and oxygen atoms in total. The van der Waals surface area contributed by atoms with Gasteiger partial charge in [-0.1, -0.05) is 17.7 Å². The number of anilines is 1. The van der Waals surface area contributed by atoms with Crippen LogP contribution in [0.15, 0.2) is 24.3 Å². The minimum atomic E-state index is -0.216. The van der Waals surface area contributed by atoms with E-state index >= 15 is 0 Å². The van der Waals surface area contributed by atoms with Crippen molar-refractivity contribution in [1.29, 1.82) is 0 Å². The van der Waals surface area contributed by atoms with E-state index in [0.29, 0.717) is 10.6 Å². The molecule has 1 N–H and O–H groups in total. The lowest BCUT2D eigenvalue weighted by Gasteiger charge is -2.12. The molecule has 0 fully saturated rings. The summed E-state index contributed by atoms with van der Waals surface area (Å²) in [4.78, 5) is 16.7. The Morgan fingerprint density at radius 2 is 1.85 bits per heavy atom. The Balaban J connectivity index is 2.33. The number of halogens is 1. The Hall–Kier alpha value is -1.87. The number of rotatable bonds is 2. The van der Waals surface area contributed by atoms with Crippen molar-refractivity contribution in [2.75, 3.05) is 5.32 Å². The van der Waals surface area contributed by atoms with Crippen LogP contribution in [0.4, 0.5) is 5.69 Å². The van der Waals surface area contributed by atoms with Gasteiger partial charge < -0.3 is 5.32 Å². The highest BCUT2D eigenvalue weighted by Gasteiger charge is 2.13. The van der Waals surface area contributed by atoms with Crippen molar-refractivity contribution in [2.45, 2.75) is 27.7 Å². The van der Waals surface area contributed by atoms with Crippen LogP contribution in [0.1, 0.15) is 32.9 Å². The summed E-state index contributed by atoms with van der Waals surface area (Å²) >= 11 is 6.12. The van der Waals surface area contributed by atoms with Gasteiger partial charge in [0.2, 0.25) is 0 Å². The molecule has 1 aromatic heterocycles. The lowest BCUT2D eigenvalue weighted by atomic mass is 10.1. The number of carbonyl (C=O) groups excluding carboxylic acids is 1. The molecule has 2 aromatic rings. The van der Waals surface area contributed by atoms with Crippen molar-refractivity contribution in [3.05, 3.63) is 57.4 Å². The van der Waals surface area contributed by atoms with Gasteiger partial charge in [-0.3, -0.25) is 9.78 Å². The largest absolute Gasteiger partial charge is 0.320 e. The van der Waals surface area contributed by atoms with E-state index in [-0.39, 0.29) is 5.91 Å². The van der Waals surface area contributed by atoms with Crippen molar-refractivity contribution in [3.8, 4) is 0 Å². The van der Waals surface area contributed by atoms with Crippen LogP contribution in [-0.2, 0) is 0 Å². The van der Waals surface area contributed by atoms with Gasteiger partial charge in [0, 0.05) is 5.69 Å². The number of hydrogen-bond acceptors (Lipinski definition) is 2. The fraction of sp³-hybridized carbons (Fsp3) is 0.250. The molecule has 0 aliphatic rings. The number of carbonyl (C=O) groups is 1. The summed E-state index contributed by atoms with van der Waals surface area (Å²) in [5.74, 6) is -0.216. The first-order valence-electron chi connectivity index (χ1n) is 6.41. The van der Waals surface area contributed by atoms with E-state index in [4.69, 9.17) is 11.6 Å². The van der Waals surface area contributed by atoms with E-state index in [2.05, 4.69) is 10.3 Å². The van der Waals surface area contributed by atoms with Crippen LogP contribution in [0.25, 0.3) is 0 Å². The van der Waals surface area contributed by atoms with E-state index < -0.39 is 0 Å². The molecule has 0 unspecified atom stereocenters. The zero-order chi connectivity index (χ0) is 14.9. The molecule has 1 amide bonds. The van der Waals surface area contributed by atoms with Gasteiger partial charge in [-0.2, -0.15) is 0 Å². The predicted molar refractivity (Wildman–Crippen MR) is 82.6 cm³/mol. The highest BCUT2D eigenvalue weighted by molar-refractivity contribution is 6.34. The Morgan fingerprint density at radius 3 is 2.45 bits per heavy atom. The third-order valence-corrected chi connectivity index (χ3v) is 3.45. The molecule has 0 saturated carbocycles. The molecular formula is C16H17ClN2O. The molecule has 1 heterocycles. The summed E-state index contributed by atoms with van der Waals surface area (Å²) in [6, 6.07) is 7.33. The monoisotopic (exact) mass is 288 g/mol. The number of aromatic nitrogens is 1. The Bertz CT molecular complexity index is 657. The second-order valence-electron chi connectivity index (χ2n) is 4.98. The second-order valence-corrected chi connectivity index (χ2v) is 5.39. The van der Waals surface area contributed by atoms with Gasteiger partial charge >= 0.3 is 0 Å². The van der Waals surface area contributed by atoms with Crippen molar-refractivity contribution in [2.24, 2.45) is 0 Å². The Labute approximate surface area is 124 Å². The predicted octanol–water partition coefficient (Wildman–Crippen LogP) is 4.22. The van der Waals surface area contributed by atoms with Crippen molar-refractivity contribution < 1.29 is 4.79 Å². The smallest absolute Gasteiger partial charge is 0.257 e. The van der Waals surface area contributed by atoms with Crippen LogP contribution >= 0.6 is 11.6 Å². The molecule has 1 aromatic carbocycles. The number of nitrogens with one attached hydrogen (secondary N) is 1. The maximum atomic E-state index is 12.3. The average molecular weight is 289 g/mol.